The lowest BCUT2D eigenvalue weighted by Crippen LogP contribution is -2.11. The third kappa shape index (κ3) is 2.70. The molecule has 0 radical (unpaired) electrons. The molecule has 3 nitrogen and oxygen atoms in total. The minimum absolute atomic E-state index is 0.131. The number of aryl methyl sites for hydroxylation is 1. The molecule has 0 amide bonds. The summed E-state index contributed by atoms with van der Waals surface area (Å²) in [4.78, 5) is 8.66. The molecule has 18 heavy (non-hydrogen) atoms. The van der Waals surface area contributed by atoms with Crippen LogP contribution in [0.15, 0.2) is 35.1 Å². The van der Waals surface area contributed by atoms with Gasteiger partial charge in [0.05, 0.1) is 17.4 Å². The summed E-state index contributed by atoms with van der Waals surface area (Å²) in [5, 5.41) is 3.48. The van der Waals surface area contributed by atoms with E-state index in [9.17, 15) is 0 Å². The van der Waals surface area contributed by atoms with Gasteiger partial charge in [-0.1, -0.05) is 22.0 Å². The Hall–Kier alpha value is -1.42. The van der Waals surface area contributed by atoms with Gasteiger partial charge in [-0.05, 0) is 38.5 Å². The lowest BCUT2D eigenvalue weighted by atomic mass is 10.1. The van der Waals surface area contributed by atoms with Crippen molar-refractivity contribution in [3.63, 3.8) is 0 Å². The predicted molar refractivity (Wildman–Crippen MR) is 77.7 cm³/mol. The minimum atomic E-state index is 0.131. The van der Waals surface area contributed by atoms with E-state index in [1.54, 1.807) is 12.4 Å². The zero-order valence-electron chi connectivity index (χ0n) is 10.7. The summed E-state index contributed by atoms with van der Waals surface area (Å²) in [5.41, 5.74) is 4.26. The number of nitrogens with zero attached hydrogens (tertiary/aromatic N) is 2. The van der Waals surface area contributed by atoms with Gasteiger partial charge in [-0.25, -0.2) is 0 Å². The number of nitrogens with one attached hydrogen (secondary N) is 1. The van der Waals surface area contributed by atoms with Gasteiger partial charge in [0.2, 0.25) is 0 Å². The van der Waals surface area contributed by atoms with Crippen molar-refractivity contribution >= 4 is 21.6 Å². The highest BCUT2D eigenvalue weighted by Gasteiger charge is 2.11. The Bertz CT molecular complexity index is 554. The van der Waals surface area contributed by atoms with Gasteiger partial charge in [0.1, 0.15) is 0 Å². The topological polar surface area (TPSA) is 37.8 Å². The zero-order valence-corrected chi connectivity index (χ0v) is 12.3. The normalized spacial score (nSPS) is 12.2. The fourth-order valence-corrected chi connectivity index (χ4v) is 2.28. The highest BCUT2D eigenvalue weighted by molar-refractivity contribution is 9.10. The zero-order chi connectivity index (χ0) is 13.1. The average molecular weight is 306 g/mol. The molecule has 4 heteroatoms. The first kappa shape index (κ1) is 13.0. The van der Waals surface area contributed by atoms with Gasteiger partial charge >= 0.3 is 0 Å². The molecule has 0 aliphatic rings. The summed E-state index contributed by atoms with van der Waals surface area (Å²) in [6.07, 6.45) is 3.45. The van der Waals surface area contributed by atoms with E-state index in [1.807, 2.05) is 19.1 Å². The number of hydrogen-bond acceptors (Lipinski definition) is 3. The Morgan fingerprint density at radius 3 is 2.61 bits per heavy atom. The lowest BCUT2D eigenvalue weighted by molar-refractivity contribution is 0.808. The van der Waals surface area contributed by atoms with Crippen LogP contribution >= 0.6 is 15.9 Å². The highest BCUT2D eigenvalue weighted by Crippen LogP contribution is 2.27. The molecular weight excluding hydrogens is 290 g/mol. The maximum absolute atomic E-state index is 4.39. The molecule has 0 spiro atoms. The van der Waals surface area contributed by atoms with Crippen LogP contribution in [-0.2, 0) is 0 Å². The predicted octanol–water partition coefficient (Wildman–Crippen LogP) is 4.03. The maximum atomic E-state index is 4.39. The van der Waals surface area contributed by atoms with Crippen molar-refractivity contribution in [3.8, 4) is 0 Å². The van der Waals surface area contributed by atoms with Gasteiger partial charge in [-0.2, -0.15) is 0 Å². The van der Waals surface area contributed by atoms with Crippen LogP contribution in [0.2, 0.25) is 0 Å². The Morgan fingerprint density at radius 2 is 1.89 bits per heavy atom. The molecule has 0 aliphatic heterocycles. The highest BCUT2D eigenvalue weighted by atomic mass is 79.9. The molecule has 0 saturated heterocycles. The molecule has 1 atom stereocenters. The van der Waals surface area contributed by atoms with Crippen molar-refractivity contribution in [2.24, 2.45) is 0 Å². The van der Waals surface area contributed by atoms with Gasteiger partial charge < -0.3 is 5.32 Å². The summed E-state index contributed by atoms with van der Waals surface area (Å²) in [6.45, 7) is 6.16. The van der Waals surface area contributed by atoms with E-state index >= 15 is 0 Å². The number of aromatic nitrogens is 2. The second-order valence-electron chi connectivity index (χ2n) is 4.31. The van der Waals surface area contributed by atoms with Crippen molar-refractivity contribution < 1.29 is 0 Å². The largest absolute Gasteiger partial charge is 0.377 e. The van der Waals surface area contributed by atoms with E-state index in [0.29, 0.717) is 0 Å². The van der Waals surface area contributed by atoms with Crippen LogP contribution in [0.3, 0.4) is 0 Å². The van der Waals surface area contributed by atoms with Crippen LogP contribution in [0.4, 0.5) is 5.69 Å². The van der Waals surface area contributed by atoms with E-state index in [0.717, 1.165) is 21.5 Å². The fourth-order valence-electron chi connectivity index (χ4n) is 1.91. The van der Waals surface area contributed by atoms with Crippen molar-refractivity contribution in [1.82, 2.24) is 9.97 Å². The molecule has 1 heterocycles. The third-order valence-corrected chi connectivity index (χ3v) is 3.83. The Balaban J connectivity index is 2.24. The number of halogens is 1. The summed E-state index contributed by atoms with van der Waals surface area (Å²) < 4.78 is 1.11. The molecule has 1 aromatic heterocycles. The molecule has 1 unspecified atom stereocenters. The molecule has 1 aromatic carbocycles. The van der Waals surface area contributed by atoms with Crippen molar-refractivity contribution in [2.75, 3.05) is 5.32 Å². The number of rotatable bonds is 3. The number of anilines is 1. The van der Waals surface area contributed by atoms with Crippen molar-refractivity contribution in [1.29, 1.82) is 0 Å². The summed E-state index contributed by atoms with van der Waals surface area (Å²) in [6, 6.07) is 6.27. The summed E-state index contributed by atoms with van der Waals surface area (Å²) in [7, 11) is 0. The lowest BCUT2D eigenvalue weighted by Gasteiger charge is -2.18. The summed E-state index contributed by atoms with van der Waals surface area (Å²) >= 11 is 3.54. The van der Waals surface area contributed by atoms with Crippen molar-refractivity contribution in [3.05, 3.63) is 52.0 Å². The Kier molecular flexibility index (Phi) is 3.97. The molecule has 1 N–H and O–H groups in total. The van der Waals surface area contributed by atoms with Gasteiger partial charge in [-0.3, -0.25) is 9.97 Å². The molecule has 0 saturated carbocycles. The Morgan fingerprint density at radius 1 is 1.17 bits per heavy atom. The Labute approximate surface area is 116 Å². The maximum Gasteiger partial charge on any atom is 0.0835 e. The van der Waals surface area contributed by atoms with Crippen LogP contribution in [0.1, 0.15) is 29.9 Å². The van der Waals surface area contributed by atoms with E-state index in [4.69, 9.17) is 0 Å². The minimum Gasteiger partial charge on any atom is -0.377 e. The molecule has 2 rings (SSSR count). The SMILES string of the molecule is Cc1nccnc1C(C)Nc1cccc(Br)c1C. The van der Waals surface area contributed by atoms with Crippen LogP contribution in [-0.4, -0.2) is 9.97 Å². The van der Waals surface area contributed by atoms with Gasteiger partial charge in [0.25, 0.3) is 0 Å². The quantitative estimate of drug-likeness (QED) is 0.930. The standard InChI is InChI=1S/C14H16BrN3/c1-9-12(15)5-4-6-13(9)18-11(3)14-10(2)16-7-8-17-14/h4-8,11,18H,1-3H3. The van der Waals surface area contributed by atoms with Crippen LogP contribution in [0, 0.1) is 13.8 Å². The van der Waals surface area contributed by atoms with E-state index in [2.05, 4.69) is 51.1 Å². The molecule has 94 valence electrons. The molecule has 0 fully saturated rings. The second-order valence-corrected chi connectivity index (χ2v) is 5.16. The van der Waals surface area contributed by atoms with E-state index in [1.165, 1.54) is 5.56 Å². The monoisotopic (exact) mass is 305 g/mol. The van der Waals surface area contributed by atoms with Crippen LogP contribution < -0.4 is 5.32 Å². The van der Waals surface area contributed by atoms with E-state index < -0.39 is 0 Å². The average Bonchev–Trinajstić information content (AvgIpc) is 2.35. The fraction of sp³-hybridized carbons (Fsp3) is 0.286. The third-order valence-electron chi connectivity index (χ3n) is 2.97. The van der Waals surface area contributed by atoms with Crippen molar-refractivity contribution in [2.45, 2.75) is 26.8 Å². The first-order valence-electron chi connectivity index (χ1n) is 5.88. The van der Waals surface area contributed by atoms with E-state index in [-0.39, 0.29) is 6.04 Å². The molecule has 0 bridgehead atoms. The summed E-state index contributed by atoms with van der Waals surface area (Å²) in [5.74, 6) is 0. The smallest absolute Gasteiger partial charge is 0.0835 e. The first-order chi connectivity index (χ1) is 8.59. The van der Waals surface area contributed by atoms with Gasteiger partial charge in [0.15, 0.2) is 0 Å². The first-order valence-corrected chi connectivity index (χ1v) is 6.68. The molecule has 2 aromatic rings. The van der Waals surface area contributed by atoms with Crippen LogP contribution in [0.25, 0.3) is 0 Å². The second kappa shape index (κ2) is 5.48. The molecular formula is C14H16BrN3. The number of hydrogen-bond donors (Lipinski definition) is 1. The van der Waals surface area contributed by atoms with Gasteiger partial charge in [0, 0.05) is 22.6 Å². The van der Waals surface area contributed by atoms with Crippen LogP contribution in [0.5, 0.6) is 0 Å². The number of benzene rings is 1. The van der Waals surface area contributed by atoms with Gasteiger partial charge in [-0.15, -0.1) is 0 Å². The molecule has 0 aliphatic carbocycles.